The number of fused-ring (bicyclic) bond motifs is 1. The Hall–Kier alpha value is -2.49. The van der Waals surface area contributed by atoms with Crippen molar-refractivity contribution in [3.8, 4) is 5.75 Å². The van der Waals surface area contributed by atoms with Gasteiger partial charge in [-0.2, -0.15) is 0 Å². The van der Waals surface area contributed by atoms with Crippen molar-refractivity contribution in [1.29, 1.82) is 0 Å². The molecule has 0 aromatic heterocycles. The van der Waals surface area contributed by atoms with Gasteiger partial charge >= 0.3 is 0 Å². The number of nitrogens with zero attached hydrogens (tertiary/aromatic N) is 1. The monoisotopic (exact) mass is 420 g/mol. The SMILES string of the molecule is Cc1cc(N2CCCc3cc(OC4CC4)ccc3C2)cc(C)c1NC(=O)CC(C)(C)C. The number of hydrogen-bond acceptors (Lipinski definition) is 3. The number of aryl methyl sites for hydroxylation is 3. The van der Waals surface area contributed by atoms with E-state index in [1.165, 1.54) is 29.7 Å². The number of nitrogens with one attached hydrogen (secondary N) is 1. The molecule has 4 heteroatoms. The normalized spacial score (nSPS) is 16.5. The van der Waals surface area contributed by atoms with E-state index in [4.69, 9.17) is 4.74 Å². The predicted molar refractivity (Wildman–Crippen MR) is 128 cm³/mol. The zero-order chi connectivity index (χ0) is 22.2. The smallest absolute Gasteiger partial charge is 0.224 e. The van der Waals surface area contributed by atoms with Crippen LogP contribution in [0.15, 0.2) is 30.3 Å². The first kappa shape index (κ1) is 21.7. The van der Waals surface area contributed by atoms with Gasteiger partial charge in [0.1, 0.15) is 5.75 Å². The van der Waals surface area contributed by atoms with Gasteiger partial charge in [0.25, 0.3) is 0 Å². The van der Waals surface area contributed by atoms with Crippen molar-refractivity contribution < 1.29 is 9.53 Å². The average Bonchev–Trinajstić information content (AvgIpc) is 3.49. The first-order valence-corrected chi connectivity index (χ1v) is 11.6. The molecule has 2 aromatic rings. The van der Waals surface area contributed by atoms with E-state index in [-0.39, 0.29) is 11.3 Å². The number of carbonyl (C=O) groups is 1. The highest BCUT2D eigenvalue weighted by atomic mass is 16.5. The van der Waals surface area contributed by atoms with E-state index in [2.05, 4.69) is 75.2 Å². The fraction of sp³-hybridized carbons (Fsp3) is 0.519. The van der Waals surface area contributed by atoms with Crippen LogP contribution in [0.4, 0.5) is 11.4 Å². The van der Waals surface area contributed by atoms with Gasteiger partial charge in [-0.25, -0.2) is 0 Å². The van der Waals surface area contributed by atoms with Crippen LogP contribution in [0, 0.1) is 19.3 Å². The Morgan fingerprint density at radius 2 is 1.81 bits per heavy atom. The fourth-order valence-corrected chi connectivity index (χ4v) is 4.39. The summed E-state index contributed by atoms with van der Waals surface area (Å²) in [6.07, 6.45) is 5.55. The molecule has 0 saturated heterocycles. The summed E-state index contributed by atoms with van der Waals surface area (Å²) in [5.41, 5.74) is 7.21. The number of hydrogen-bond donors (Lipinski definition) is 1. The summed E-state index contributed by atoms with van der Waals surface area (Å²) in [5.74, 6) is 1.11. The summed E-state index contributed by atoms with van der Waals surface area (Å²) in [6.45, 7) is 12.4. The van der Waals surface area contributed by atoms with Gasteiger partial charge < -0.3 is 15.0 Å². The van der Waals surface area contributed by atoms with Crippen LogP contribution in [0.5, 0.6) is 5.75 Å². The van der Waals surface area contributed by atoms with Crippen molar-refractivity contribution in [2.24, 2.45) is 5.41 Å². The topological polar surface area (TPSA) is 41.6 Å². The summed E-state index contributed by atoms with van der Waals surface area (Å²) in [6, 6.07) is 11.1. The zero-order valence-corrected chi connectivity index (χ0v) is 19.7. The molecule has 1 aliphatic carbocycles. The Morgan fingerprint density at radius 1 is 1.10 bits per heavy atom. The molecule has 4 nitrogen and oxygen atoms in total. The lowest BCUT2D eigenvalue weighted by atomic mass is 9.92. The van der Waals surface area contributed by atoms with Crippen LogP contribution in [0.1, 0.15) is 68.7 Å². The van der Waals surface area contributed by atoms with Crippen LogP contribution in [0.2, 0.25) is 0 Å². The van der Waals surface area contributed by atoms with Crippen molar-refractivity contribution >= 4 is 17.3 Å². The Bertz CT molecular complexity index is 947. The highest BCUT2D eigenvalue weighted by molar-refractivity contribution is 5.93. The van der Waals surface area contributed by atoms with Gasteiger partial charge in [-0.3, -0.25) is 4.79 Å². The largest absolute Gasteiger partial charge is 0.490 e. The molecule has 0 unspecified atom stereocenters. The molecule has 31 heavy (non-hydrogen) atoms. The molecular formula is C27H36N2O2. The fourth-order valence-electron chi connectivity index (χ4n) is 4.39. The van der Waals surface area contributed by atoms with Gasteiger partial charge in [0.05, 0.1) is 6.10 Å². The minimum absolute atomic E-state index is 0.0190. The summed E-state index contributed by atoms with van der Waals surface area (Å²) in [4.78, 5) is 14.9. The highest BCUT2D eigenvalue weighted by Crippen LogP contribution is 2.33. The first-order valence-electron chi connectivity index (χ1n) is 11.6. The lowest BCUT2D eigenvalue weighted by Crippen LogP contribution is -2.23. The Morgan fingerprint density at radius 3 is 2.45 bits per heavy atom. The molecule has 4 rings (SSSR count). The Kier molecular flexibility index (Phi) is 6.00. The molecule has 1 amide bonds. The maximum Gasteiger partial charge on any atom is 0.224 e. The van der Waals surface area contributed by atoms with E-state index >= 15 is 0 Å². The van der Waals surface area contributed by atoms with Crippen LogP contribution in [0.3, 0.4) is 0 Å². The van der Waals surface area contributed by atoms with Gasteiger partial charge in [-0.15, -0.1) is 0 Å². The number of ether oxygens (including phenoxy) is 1. The molecule has 0 spiro atoms. The van der Waals surface area contributed by atoms with Gasteiger partial charge in [0.15, 0.2) is 0 Å². The number of rotatable bonds is 5. The summed E-state index contributed by atoms with van der Waals surface area (Å²) in [7, 11) is 0. The third kappa shape index (κ3) is 5.61. The van der Waals surface area contributed by atoms with E-state index in [0.717, 1.165) is 48.5 Å². The molecule has 1 fully saturated rings. The molecular weight excluding hydrogens is 384 g/mol. The minimum Gasteiger partial charge on any atom is -0.490 e. The summed E-state index contributed by atoms with van der Waals surface area (Å²) < 4.78 is 6.00. The third-order valence-electron chi connectivity index (χ3n) is 6.08. The van der Waals surface area contributed by atoms with E-state index < -0.39 is 0 Å². The molecule has 0 bridgehead atoms. The number of anilines is 2. The quantitative estimate of drug-likeness (QED) is 0.629. The molecule has 0 radical (unpaired) electrons. The maximum atomic E-state index is 12.5. The molecule has 2 aromatic carbocycles. The Labute approximate surface area is 187 Å². The summed E-state index contributed by atoms with van der Waals surface area (Å²) in [5, 5.41) is 3.15. The minimum atomic E-state index is -0.0190. The van der Waals surface area contributed by atoms with Gasteiger partial charge in [0, 0.05) is 30.9 Å². The van der Waals surface area contributed by atoms with Gasteiger partial charge in [-0.05, 0) is 91.5 Å². The van der Waals surface area contributed by atoms with Crippen LogP contribution in [-0.2, 0) is 17.8 Å². The second kappa shape index (κ2) is 8.57. The molecule has 1 saturated carbocycles. The van der Waals surface area contributed by atoms with Gasteiger partial charge in [-0.1, -0.05) is 26.8 Å². The molecule has 166 valence electrons. The molecule has 1 aliphatic heterocycles. The lowest BCUT2D eigenvalue weighted by molar-refractivity contribution is -0.117. The lowest BCUT2D eigenvalue weighted by Gasteiger charge is -2.26. The number of carbonyl (C=O) groups excluding carboxylic acids is 1. The van der Waals surface area contributed by atoms with Crippen LogP contribution in [0.25, 0.3) is 0 Å². The molecule has 0 atom stereocenters. The standard InChI is InChI=1S/C27H36N2O2/c1-18-13-22(14-19(2)26(18)28-25(30)16-27(3,4)5)29-12-6-7-20-15-24(31-23-10-11-23)9-8-21(20)17-29/h8-9,13-15,23H,6-7,10-12,16-17H2,1-5H3,(H,28,30). The molecule has 2 aliphatic rings. The van der Waals surface area contributed by atoms with E-state index in [0.29, 0.717) is 12.5 Å². The maximum absolute atomic E-state index is 12.5. The Balaban J connectivity index is 1.50. The third-order valence-corrected chi connectivity index (χ3v) is 6.08. The van der Waals surface area contributed by atoms with E-state index in [1.807, 2.05) is 0 Å². The van der Waals surface area contributed by atoms with Crippen LogP contribution in [-0.4, -0.2) is 18.6 Å². The van der Waals surface area contributed by atoms with Crippen molar-refractivity contribution in [2.45, 2.75) is 79.4 Å². The van der Waals surface area contributed by atoms with Gasteiger partial charge in [0.2, 0.25) is 5.91 Å². The number of amides is 1. The zero-order valence-electron chi connectivity index (χ0n) is 19.7. The van der Waals surface area contributed by atoms with Crippen molar-refractivity contribution in [2.75, 3.05) is 16.8 Å². The number of benzene rings is 2. The average molecular weight is 421 g/mol. The van der Waals surface area contributed by atoms with E-state index in [1.54, 1.807) is 0 Å². The van der Waals surface area contributed by atoms with Crippen LogP contribution >= 0.6 is 0 Å². The highest BCUT2D eigenvalue weighted by Gasteiger charge is 2.24. The second-order valence-electron chi connectivity index (χ2n) is 10.5. The predicted octanol–water partition coefficient (Wildman–Crippen LogP) is 6.17. The second-order valence-corrected chi connectivity index (χ2v) is 10.5. The molecule has 1 heterocycles. The van der Waals surface area contributed by atoms with E-state index in [9.17, 15) is 4.79 Å². The first-order chi connectivity index (χ1) is 14.7. The molecule has 1 N–H and O–H groups in total. The van der Waals surface area contributed by atoms with Crippen LogP contribution < -0.4 is 15.0 Å². The summed E-state index contributed by atoms with van der Waals surface area (Å²) >= 11 is 0. The van der Waals surface area contributed by atoms with Crippen molar-refractivity contribution in [3.05, 3.63) is 52.6 Å². The van der Waals surface area contributed by atoms with Crippen molar-refractivity contribution in [3.63, 3.8) is 0 Å². The van der Waals surface area contributed by atoms with Crippen molar-refractivity contribution in [1.82, 2.24) is 0 Å².